The van der Waals surface area contributed by atoms with Crippen LogP contribution in [0.4, 0.5) is 0 Å². The number of aryl methyl sites for hydroxylation is 1. The Bertz CT molecular complexity index is 389. The smallest absolute Gasteiger partial charge is 0.213 e. The molecule has 0 spiro atoms. The summed E-state index contributed by atoms with van der Waals surface area (Å²) in [5.41, 5.74) is 2.40. The molecule has 1 N–H and O–H groups in total. The molecule has 1 heterocycles. The van der Waals surface area contributed by atoms with E-state index in [4.69, 9.17) is 4.74 Å². The summed E-state index contributed by atoms with van der Waals surface area (Å²) in [6.07, 6.45) is 3.19. The Morgan fingerprint density at radius 2 is 1.95 bits per heavy atom. The molecule has 0 aliphatic heterocycles. The molecule has 0 atom stereocenters. The van der Waals surface area contributed by atoms with Crippen LogP contribution in [0, 0.1) is 5.92 Å². The van der Waals surface area contributed by atoms with Crippen molar-refractivity contribution in [1.82, 2.24) is 10.3 Å². The van der Waals surface area contributed by atoms with E-state index in [1.165, 1.54) is 5.56 Å². The molecule has 0 amide bonds. The first kappa shape index (κ1) is 17.0. The molecule has 0 fully saturated rings. The molecule has 0 aliphatic carbocycles. The predicted octanol–water partition coefficient (Wildman–Crippen LogP) is 3.96. The van der Waals surface area contributed by atoms with E-state index in [9.17, 15) is 0 Å². The summed E-state index contributed by atoms with van der Waals surface area (Å²) >= 11 is 0. The second-order valence-electron chi connectivity index (χ2n) is 6.12. The minimum absolute atomic E-state index is 0.489. The third-order valence-corrected chi connectivity index (χ3v) is 3.08. The third-order valence-electron chi connectivity index (χ3n) is 3.08. The minimum atomic E-state index is 0.489. The highest BCUT2D eigenvalue weighted by Gasteiger charge is 2.05. The van der Waals surface area contributed by atoms with Gasteiger partial charge in [0, 0.05) is 24.3 Å². The minimum Gasteiger partial charge on any atom is -0.478 e. The Kier molecular flexibility index (Phi) is 7.60. The maximum Gasteiger partial charge on any atom is 0.213 e. The van der Waals surface area contributed by atoms with Crippen molar-refractivity contribution in [3.05, 3.63) is 23.4 Å². The van der Waals surface area contributed by atoms with Gasteiger partial charge in [0.1, 0.15) is 0 Å². The summed E-state index contributed by atoms with van der Waals surface area (Å²) in [4.78, 5) is 4.60. The van der Waals surface area contributed by atoms with Gasteiger partial charge in [-0.3, -0.25) is 0 Å². The molecule has 0 unspecified atom stereocenters. The Labute approximate surface area is 124 Å². The molecule has 0 bridgehead atoms. The van der Waals surface area contributed by atoms with Gasteiger partial charge in [0.25, 0.3) is 0 Å². The number of aromatic nitrogens is 1. The van der Waals surface area contributed by atoms with Crippen molar-refractivity contribution in [2.24, 2.45) is 5.92 Å². The van der Waals surface area contributed by atoms with Crippen molar-refractivity contribution >= 4 is 0 Å². The second kappa shape index (κ2) is 8.96. The normalized spacial score (nSPS) is 11.3. The number of ether oxygens (including phenoxy) is 1. The molecule has 114 valence electrons. The van der Waals surface area contributed by atoms with E-state index in [-0.39, 0.29) is 0 Å². The highest BCUT2D eigenvalue weighted by Crippen LogP contribution is 2.15. The van der Waals surface area contributed by atoms with E-state index in [1.807, 2.05) is 0 Å². The van der Waals surface area contributed by atoms with Gasteiger partial charge in [0.2, 0.25) is 5.88 Å². The van der Waals surface area contributed by atoms with Gasteiger partial charge in [-0.2, -0.15) is 0 Å². The molecular formula is C17H30N2O. The molecule has 0 saturated heterocycles. The van der Waals surface area contributed by atoms with Crippen molar-refractivity contribution in [1.29, 1.82) is 0 Å². The fourth-order valence-corrected chi connectivity index (χ4v) is 1.90. The Morgan fingerprint density at radius 1 is 1.20 bits per heavy atom. The zero-order valence-electron chi connectivity index (χ0n) is 13.7. The zero-order valence-corrected chi connectivity index (χ0v) is 13.7. The molecular weight excluding hydrogens is 248 g/mol. The van der Waals surface area contributed by atoms with Gasteiger partial charge in [-0.1, -0.05) is 41.0 Å². The molecule has 1 rings (SSSR count). The summed E-state index contributed by atoms with van der Waals surface area (Å²) in [5, 5.41) is 3.45. The highest BCUT2D eigenvalue weighted by molar-refractivity contribution is 5.25. The Balaban J connectivity index is 2.70. The van der Waals surface area contributed by atoms with Gasteiger partial charge in [-0.25, -0.2) is 4.98 Å². The number of hydrogen-bond donors (Lipinski definition) is 1. The van der Waals surface area contributed by atoms with E-state index >= 15 is 0 Å². The predicted molar refractivity (Wildman–Crippen MR) is 85.2 cm³/mol. The van der Waals surface area contributed by atoms with Gasteiger partial charge in [0.05, 0.1) is 6.61 Å². The van der Waals surface area contributed by atoms with Crippen LogP contribution >= 0.6 is 0 Å². The SMILES string of the molecule is CCCc1cc(CNC(C)C)cc(OCCC(C)C)n1. The summed E-state index contributed by atoms with van der Waals surface area (Å²) in [7, 11) is 0. The van der Waals surface area contributed by atoms with E-state index in [0.717, 1.165) is 44.0 Å². The van der Waals surface area contributed by atoms with Crippen LogP contribution in [0.15, 0.2) is 12.1 Å². The molecule has 20 heavy (non-hydrogen) atoms. The summed E-state index contributed by atoms with van der Waals surface area (Å²) in [6.45, 7) is 12.5. The van der Waals surface area contributed by atoms with Crippen LogP contribution in [-0.4, -0.2) is 17.6 Å². The van der Waals surface area contributed by atoms with Crippen LogP contribution in [0.5, 0.6) is 5.88 Å². The first-order valence-corrected chi connectivity index (χ1v) is 7.87. The lowest BCUT2D eigenvalue weighted by molar-refractivity contribution is 0.278. The van der Waals surface area contributed by atoms with Gasteiger partial charge < -0.3 is 10.1 Å². The topological polar surface area (TPSA) is 34.1 Å². The highest BCUT2D eigenvalue weighted by atomic mass is 16.5. The fraction of sp³-hybridized carbons (Fsp3) is 0.706. The molecule has 0 aromatic carbocycles. The lowest BCUT2D eigenvalue weighted by Gasteiger charge is -2.13. The maximum atomic E-state index is 5.81. The summed E-state index contributed by atoms with van der Waals surface area (Å²) in [6, 6.07) is 4.74. The third kappa shape index (κ3) is 6.90. The van der Waals surface area contributed by atoms with E-state index < -0.39 is 0 Å². The largest absolute Gasteiger partial charge is 0.478 e. The Hall–Kier alpha value is -1.09. The Morgan fingerprint density at radius 3 is 2.55 bits per heavy atom. The van der Waals surface area contributed by atoms with Gasteiger partial charge in [-0.15, -0.1) is 0 Å². The average molecular weight is 278 g/mol. The average Bonchev–Trinajstić information content (AvgIpc) is 2.36. The van der Waals surface area contributed by atoms with Crippen LogP contribution in [0.2, 0.25) is 0 Å². The summed E-state index contributed by atoms with van der Waals surface area (Å²) < 4.78 is 5.81. The van der Waals surface area contributed by atoms with Gasteiger partial charge in [-0.05, 0) is 30.4 Å². The summed E-state index contributed by atoms with van der Waals surface area (Å²) in [5.74, 6) is 1.44. The van der Waals surface area contributed by atoms with E-state index in [0.29, 0.717) is 12.0 Å². The van der Waals surface area contributed by atoms with E-state index in [1.54, 1.807) is 0 Å². The van der Waals surface area contributed by atoms with Crippen molar-refractivity contribution in [3.8, 4) is 5.88 Å². The molecule has 1 aromatic heterocycles. The van der Waals surface area contributed by atoms with Crippen LogP contribution in [0.25, 0.3) is 0 Å². The molecule has 0 aliphatic rings. The standard InChI is InChI=1S/C17H30N2O/c1-6-7-16-10-15(12-18-14(4)5)11-17(19-16)20-9-8-13(2)3/h10-11,13-14,18H,6-9,12H2,1-5H3. The molecule has 3 nitrogen and oxygen atoms in total. The first-order chi connectivity index (χ1) is 9.51. The van der Waals surface area contributed by atoms with Crippen LogP contribution < -0.4 is 10.1 Å². The second-order valence-corrected chi connectivity index (χ2v) is 6.12. The van der Waals surface area contributed by atoms with Gasteiger partial charge >= 0.3 is 0 Å². The first-order valence-electron chi connectivity index (χ1n) is 7.87. The van der Waals surface area contributed by atoms with Crippen molar-refractivity contribution in [2.45, 2.75) is 66.5 Å². The molecule has 0 radical (unpaired) electrons. The lowest BCUT2D eigenvalue weighted by Crippen LogP contribution is -2.22. The van der Waals surface area contributed by atoms with Crippen LogP contribution in [0.3, 0.4) is 0 Å². The van der Waals surface area contributed by atoms with Gasteiger partial charge in [0.15, 0.2) is 0 Å². The number of hydrogen-bond acceptors (Lipinski definition) is 3. The van der Waals surface area contributed by atoms with E-state index in [2.05, 4.69) is 57.1 Å². The number of nitrogens with zero attached hydrogens (tertiary/aromatic N) is 1. The quantitative estimate of drug-likeness (QED) is 0.742. The maximum absolute atomic E-state index is 5.81. The van der Waals surface area contributed by atoms with Crippen molar-refractivity contribution in [2.75, 3.05) is 6.61 Å². The molecule has 0 saturated carbocycles. The number of nitrogens with one attached hydrogen (secondary N) is 1. The molecule has 1 aromatic rings. The number of rotatable bonds is 9. The van der Waals surface area contributed by atoms with Crippen molar-refractivity contribution < 1.29 is 4.74 Å². The zero-order chi connectivity index (χ0) is 15.0. The lowest BCUT2D eigenvalue weighted by atomic mass is 10.1. The van der Waals surface area contributed by atoms with Crippen molar-refractivity contribution in [3.63, 3.8) is 0 Å². The monoisotopic (exact) mass is 278 g/mol. The fourth-order valence-electron chi connectivity index (χ4n) is 1.90. The van der Waals surface area contributed by atoms with Crippen LogP contribution in [-0.2, 0) is 13.0 Å². The van der Waals surface area contributed by atoms with Crippen LogP contribution in [0.1, 0.15) is 58.7 Å². The number of pyridine rings is 1. The molecule has 3 heteroatoms.